The van der Waals surface area contributed by atoms with Gasteiger partial charge >= 0.3 is 0 Å². The number of nitrogens with zero attached hydrogens (tertiary/aromatic N) is 3. The molecule has 3 rings (SSSR count). The van der Waals surface area contributed by atoms with Crippen LogP contribution in [0.15, 0.2) is 29.3 Å². The molecule has 2 heterocycles. The van der Waals surface area contributed by atoms with E-state index in [0.717, 1.165) is 19.2 Å². The smallest absolute Gasteiger partial charge is 0.261 e. The van der Waals surface area contributed by atoms with E-state index >= 15 is 0 Å². The Labute approximate surface area is 145 Å². The minimum atomic E-state index is -0.496. The monoisotopic (exact) mass is 346 g/mol. The average Bonchev–Trinajstić information content (AvgIpc) is 2.59. The molecule has 1 unspecified atom stereocenters. The molecule has 1 N–H and O–H groups in total. The van der Waals surface area contributed by atoms with Crippen LogP contribution in [0.3, 0.4) is 0 Å². The van der Waals surface area contributed by atoms with E-state index in [9.17, 15) is 14.0 Å². The van der Waals surface area contributed by atoms with E-state index in [4.69, 9.17) is 0 Å². The number of piperidine rings is 1. The van der Waals surface area contributed by atoms with Crippen molar-refractivity contribution in [1.82, 2.24) is 19.8 Å². The van der Waals surface area contributed by atoms with Crippen molar-refractivity contribution >= 4 is 16.8 Å². The van der Waals surface area contributed by atoms with Gasteiger partial charge in [0.1, 0.15) is 12.4 Å². The molecule has 1 aliphatic rings. The predicted molar refractivity (Wildman–Crippen MR) is 93.9 cm³/mol. The lowest BCUT2D eigenvalue weighted by atomic mass is 10.0. The van der Waals surface area contributed by atoms with Gasteiger partial charge in [0.25, 0.3) is 5.56 Å². The summed E-state index contributed by atoms with van der Waals surface area (Å²) in [5, 5.41) is 3.02. The zero-order chi connectivity index (χ0) is 17.8. The molecule has 1 fully saturated rings. The SMILES string of the molecule is CC1CCCCN1CCNC(=O)Cn1cnc2ccc(F)cc2c1=O. The summed E-state index contributed by atoms with van der Waals surface area (Å²) >= 11 is 0. The van der Waals surface area contributed by atoms with Crippen LogP contribution in [0, 0.1) is 5.82 Å². The summed E-state index contributed by atoms with van der Waals surface area (Å²) in [6, 6.07) is 4.41. The van der Waals surface area contributed by atoms with Crippen LogP contribution in [-0.4, -0.2) is 46.0 Å². The molecule has 1 aromatic heterocycles. The zero-order valence-corrected chi connectivity index (χ0v) is 14.4. The quantitative estimate of drug-likeness (QED) is 0.891. The number of hydrogen-bond acceptors (Lipinski definition) is 4. The van der Waals surface area contributed by atoms with Gasteiger partial charge < -0.3 is 5.32 Å². The summed E-state index contributed by atoms with van der Waals surface area (Å²) in [7, 11) is 0. The first kappa shape index (κ1) is 17.5. The van der Waals surface area contributed by atoms with Crippen molar-refractivity contribution < 1.29 is 9.18 Å². The molecule has 1 aromatic carbocycles. The maximum Gasteiger partial charge on any atom is 0.261 e. The topological polar surface area (TPSA) is 67.2 Å². The number of carbonyl (C=O) groups excluding carboxylic acids is 1. The lowest BCUT2D eigenvalue weighted by Gasteiger charge is -2.33. The summed E-state index contributed by atoms with van der Waals surface area (Å²) in [6.07, 6.45) is 4.99. The van der Waals surface area contributed by atoms with E-state index in [1.807, 2.05) is 0 Å². The molecule has 1 amide bonds. The van der Waals surface area contributed by atoms with Crippen LogP contribution in [0.2, 0.25) is 0 Å². The van der Waals surface area contributed by atoms with Crippen molar-refractivity contribution in [3.05, 3.63) is 40.7 Å². The largest absolute Gasteiger partial charge is 0.353 e. The van der Waals surface area contributed by atoms with Crippen molar-refractivity contribution in [2.45, 2.75) is 38.8 Å². The molecule has 6 nitrogen and oxygen atoms in total. The highest BCUT2D eigenvalue weighted by Gasteiger charge is 2.17. The number of carbonyl (C=O) groups is 1. The van der Waals surface area contributed by atoms with Gasteiger partial charge in [-0.2, -0.15) is 0 Å². The Bertz CT molecular complexity index is 820. The first-order valence-electron chi connectivity index (χ1n) is 8.70. The van der Waals surface area contributed by atoms with Crippen molar-refractivity contribution in [2.24, 2.45) is 0 Å². The highest BCUT2D eigenvalue weighted by atomic mass is 19.1. The molecule has 1 atom stereocenters. The first-order valence-corrected chi connectivity index (χ1v) is 8.70. The molecular weight excluding hydrogens is 323 g/mol. The van der Waals surface area contributed by atoms with E-state index in [1.54, 1.807) is 0 Å². The van der Waals surface area contributed by atoms with E-state index in [-0.39, 0.29) is 17.8 Å². The molecule has 0 radical (unpaired) electrons. The Kier molecular flexibility index (Phi) is 5.43. The van der Waals surface area contributed by atoms with Gasteiger partial charge in [-0.3, -0.25) is 19.1 Å². The zero-order valence-electron chi connectivity index (χ0n) is 14.4. The molecule has 1 saturated heterocycles. The van der Waals surface area contributed by atoms with Crippen LogP contribution in [0.4, 0.5) is 4.39 Å². The molecule has 25 heavy (non-hydrogen) atoms. The van der Waals surface area contributed by atoms with Crippen molar-refractivity contribution in [2.75, 3.05) is 19.6 Å². The average molecular weight is 346 g/mol. The minimum Gasteiger partial charge on any atom is -0.353 e. The maximum absolute atomic E-state index is 13.3. The number of fused-ring (bicyclic) bond motifs is 1. The summed E-state index contributed by atoms with van der Waals surface area (Å²) < 4.78 is 14.5. The van der Waals surface area contributed by atoms with Crippen LogP contribution >= 0.6 is 0 Å². The van der Waals surface area contributed by atoms with Gasteiger partial charge in [-0.15, -0.1) is 0 Å². The molecule has 134 valence electrons. The number of amides is 1. The van der Waals surface area contributed by atoms with E-state index < -0.39 is 11.4 Å². The number of benzene rings is 1. The second-order valence-electron chi connectivity index (χ2n) is 6.57. The summed E-state index contributed by atoms with van der Waals surface area (Å²) in [5.74, 6) is -0.742. The third kappa shape index (κ3) is 4.22. The van der Waals surface area contributed by atoms with Crippen LogP contribution in [0.25, 0.3) is 10.9 Å². The third-order valence-electron chi connectivity index (χ3n) is 4.76. The van der Waals surface area contributed by atoms with Crippen molar-refractivity contribution in [3.63, 3.8) is 0 Å². The molecule has 1 aliphatic heterocycles. The van der Waals surface area contributed by atoms with E-state index in [2.05, 4.69) is 22.1 Å². The van der Waals surface area contributed by atoms with Gasteiger partial charge in [0.05, 0.1) is 17.2 Å². The Morgan fingerprint density at radius 1 is 1.40 bits per heavy atom. The van der Waals surface area contributed by atoms with Gasteiger partial charge in [0, 0.05) is 19.1 Å². The number of nitrogens with one attached hydrogen (secondary N) is 1. The van der Waals surface area contributed by atoms with Crippen molar-refractivity contribution in [1.29, 1.82) is 0 Å². The lowest BCUT2D eigenvalue weighted by Crippen LogP contribution is -2.43. The summed E-state index contributed by atoms with van der Waals surface area (Å²) in [6.45, 7) is 4.52. The number of hydrogen-bond donors (Lipinski definition) is 1. The Morgan fingerprint density at radius 3 is 3.04 bits per heavy atom. The molecule has 0 saturated carbocycles. The fourth-order valence-corrected chi connectivity index (χ4v) is 3.28. The first-order chi connectivity index (χ1) is 12.0. The number of aromatic nitrogens is 2. The normalized spacial score (nSPS) is 18.4. The van der Waals surface area contributed by atoms with E-state index in [1.165, 1.54) is 42.3 Å². The number of rotatable bonds is 5. The van der Waals surface area contributed by atoms with Gasteiger partial charge in [-0.05, 0) is 44.5 Å². The van der Waals surface area contributed by atoms with Gasteiger partial charge in [0.15, 0.2) is 0 Å². The summed E-state index contributed by atoms with van der Waals surface area (Å²) in [5.41, 5.74) is 0.00597. The third-order valence-corrected chi connectivity index (χ3v) is 4.76. The molecular formula is C18H23FN4O2. The molecule has 0 spiro atoms. The van der Waals surface area contributed by atoms with Crippen LogP contribution < -0.4 is 10.9 Å². The molecule has 0 aliphatic carbocycles. The van der Waals surface area contributed by atoms with Crippen LogP contribution in [0.5, 0.6) is 0 Å². The highest BCUT2D eigenvalue weighted by Crippen LogP contribution is 2.15. The molecule has 7 heteroatoms. The fraction of sp³-hybridized carbons (Fsp3) is 0.500. The van der Waals surface area contributed by atoms with Gasteiger partial charge in [-0.25, -0.2) is 9.37 Å². The molecule has 0 bridgehead atoms. The van der Waals surface area contributed by atoms with Crippen LogP contribution in [-0.2, 0) is 11.3 Å². The Morgan fingerprint density at radius 2 is 2.24 bits per heavy atom. The Hall–Kier alpha value is -2.28. The Balaban J connectivity index is 1.58. The van der Waals surface area contributed by atoms with Gasteiger partial charge in [-0.1, -0.05) is 6.42 Å². The van der Waals surface area contributed by atoms with Crippen molar-refractivity contribution in [3.8, 4) is 0 Å². The lowest BCUT2D eigenvalue weighted by molar-refractivity contribution is -0.121. The standard InChI is InChI=1S/C18H23FN4O2/c1-13-4-2-3-8-22(13)9-7-20-17(24)11-23-12-21-16-6-5-14(19)10-15(16)18(23)25/h5-6,10,12-13H,2-4,7-9,11H2,1H3,(H,20,24). The highest BCUT2D eigenvalue weighted by molar-refractivity contribution is 5.78. The minimum absolute atomic E-state index is 0.117. The van der Waals surface area contributed by atoms with E-state index in [0.29, 0.717) is 18.1 Å². The predicted octanol–water partition coefficient (Wildman–Crippen LogP) is 1.53. The second-order valence-corrected chi connectivity index (χ2v) is 6.57. The molecule has 2 aromatic rings. The number of halogens is 1. The van der Waals surface area contributed by atoms with Crippen LogP contribution in [0.1, 0.15) is 26.2 Å². The maximum atomic E-state index is 13.3. The van der Waals surface area contributed by atoms with Gasteiger partial charge in [0.2, 0.25) is 5.91 Å². The summed E-state index contributed by atoms with van der Waals surface area (Å²) in [4.78, 5) is 30.9. The second kappa shape index (κ2) is 7.74. The fourth-order valence-electron chi connectivity index (χ4n) is 3.28. The number of likely N-dealkylation sites (tertiary alicyclic amines) is 1.